The number of benzene rings is 5. The number of carbonyl (C=O) groups is 1. The minimum absolute atomic E-state index is 0.206. The minimum atomic E-state index is -3.95. The van der Waals surface area contributed by atoms with Gasteiger partial charge >= 0.3 is 234 Å². The number of rotatable bonds is 8. The quantitative estimate of drug-likeness (QED) is 0.158. The molecule has 1 amide bonds. The van der Waals surface area contributed by atoms with Gasteiger partial charge in [-0.2, -0.15) is 0 Å². The van der Waals surface area contributed by atoms with Crippen LogP contribution in [0.15, 0.2) is 167 Å². The second-order valence-corrected chi connectivity index (χ2v) is 15.8. The van der Waals surface area contributed by atoms with Crippen LogP contribution in [0.25, 0.3) is 0 Å². The molecule has 0 bridgehead atoms. The molecule has 5 heteroatoms. The standard InChI is InChI=1S/C33H27ClNOPS/c34-37(28-18-8-2-9-19-28,29-20-10-3-11-21-29,30-22-12-4-13-23-30)32(26-38-31-24-14-5-15-25-31)35-33(36)27-16-6-1-7-17-27/h1-26H,(H,35,36). The van der Waals surface area contributed by atoms with Crippen molar-refractivity contribution in [2.75, 3.05) is 0 Å². The van der Waals surface area contributed by atoms with Gasteiger partial charge < -0.3 is 0 Å². The van der Waals surface area contributed by atoms with E-state index in [4.69, 9.17) is 11.2 Å². The molecule has 0 aromatic heterocycles. The van der Waals surface area contributed by atoms with Gasteiger partial charge in [0.15, 0.2) is 0 Å². The molecule has 0 radical (unpaired) electrons. The third-order valence-corrected chi connectivity index (χ3v) is 14.8. The van der Waals surface area contributed by atoms with Crippen molar-refractivity contribution in [3.8, 4) is 0 Å². The number of hydrogen-bond acceptors (Lipinski definition) is 2. The van der Waals surface area contributed by atoms with Crippen molar-refractivity contribution < 1.29 is 4.79 Å². The topological polar surface area (TPSA) is 29.1 Å². The van der Waals surface area contributed by atoms with E-state index in [9.17, 15) is 4.79 Å². The predicted octanol–water partition coefficient (Wildman–Crippen LogP) is 7.69. The van der Waals surface area contributed by atoms with Crippen molar-refractivity contribution >= 4 is 50.8 Å². The van der Waals surface area contributed by atoms with Crippen LogP contribution < -0.4 is 21.2 Å². The van der Waals surface area contributed by atoms with Crippen LogP contribution in [-0.2, 0) is 0 Å². The molecule has 0 aliphatic rings. The Morgan fingerprint density at radius 2 is 0.947 bits per heavy atom. The van der Waals surface area contributed by atoms with E-state index in [2.05, 4.69) is 53.8 Å². The molecule has 0 fully saturated rings. The van der Waals surface area contributed by atoms with Gasteiger partial charge in [-0.3, -0.25) is 0 Å². The van der Waals surface area contributed by atoms with Crippen LogP contribution in [-0.4, -0.2) is 5.91 Å². The van der Waals surface area contributed by atoms with Crippen molar-refractivity contribution in [2.24, 2.45) is 0 Å². The Balaban J connectivity index is 1.83. The van der Waals surface area contributed by atoms with E-state index in [0.29, 0.717) is 11.0 Å². The van der Waals surface area contributed by atoms with Crippen molar-refractivity contribution in [1.29, 1.82) is 0 Å². The number of amides is 1. The van der Waals surface area contributed by atoms with Gasteiger partial charge in [-0.25, -0.2) is 0 Å². The molecular formula is C33H27ClNOPS. The summed E-state index contributed by atoms with van der Waals surface area (Å²) in [4.78, 5) is 14.8. The molecule has 0 atom stereocenters. The van der Waals surface area contributed by atoms with Crippen molar-refractivity contribution in [3.05, 3.63) is 168 Å². The third-order valence-electron chi connectivity index (χ3n) is 6.50. The summed E-state index contributed by atoms with van der Waals surface area (Å²) in [6, 6.07) is 49.8. The zero-order valence-corrected chi connectivity index (χ0v) is 23.1. The number of thioether (sulfide) groups is 1. The van der Waals surface area contributed by atoms with Gasteiger partial charge in [-0.05, 0) is 0 Å². The van der Waals surface area contributed by atoms with Gasteiger partial charge in [-0.15, -0.1) is 0 Å². The molecule has 5 aromatic carbocycles. The first-order chi connectivity index (χ1) is 18.6. The van der Waals surface area contributed by atoms with Crippen LogP contribution >= 0.6 is 29.0 Å². The molecule has 2 nitrogen and oxygen atoms in total. The first-order valence-corrected chi connectivity index (χ1v) is 16.3. The zero-order valence-electron chi connectivity index (χ0n) is 20.7. The average molecular weight is 552 g/mol. The Bertz CT molecular complexity index is 1430. The van der Waals surface area contributed by atoms with Crippen LogP contribution in [0, 0.1) is 0 Å². The number of carbonyl (C=O) groups excluding carboxylic acids is 1. The summed E-state index contributed by atoms with van der Waals surface area (Å²) >= 11 is 9.92. The van der Waals surface area contributed by atoms with Gasteiger partial charge in [0.05, 0.1) is 0 Å². The normalized spacial score (nSPS) is 12.8. The molecule has 0 saturated carbocycles. The van der Waals surface area contributed by atoms with Gasteiger partial charge in [-0.1, -0.05) is 0 Å². The zero-order chi connectivity index (χ0) is 26.3. The van der Waals surface area contributed by atoms with Crippen LogP contribution in [0.2, 0.25) is 0 Å². The maximum atomic E-state index is 13.8. The van der Waals surface area contributed by atoms with Crippen LogP contribution in [0.4, 0.5) is 0 Å². The van der Waals surface area contributed by atoms with E-state index in [1.54, 1.807) is 11.8 Å². The summed E-state index contributed by atoms with van der Waals surface area (Å²) in [7, 11) is 0. The van der Waals surface area contributed by atoms with Crippen LogP contribution in [0.5, 0.6) is 0 Å². The van der Waals surface area contributed by atoms with Gasteiger partial charge in [0.2, 0.25) is 0 Å². The van der Waals surface area contributed by atoms with E-state index >= 15 is 0 Å². The van der Waals surface area contributed by atoms with Crippen LogP contribution in [0.1, 0.15) is 10.4 Å². The molecule has 188 valence electrons. The average Bonchev–Trinajstić information content (AvgIpc) is 3.01. The molecule has 1 N–H and O–H groups in total. The van der Waals surface area contributed by atoms with E-state index < -0.39 is 5.96 Å². The Morgan fingerprint density at radius 3 is 1.37 bits per heavy atom. The first-order valence-electron chi connectivity index (χ1n) is 12.3. The molecule has 0 saturated heterocycles. The monoisotopic (exact) mass is 551 g/mol. The number of hydrogen-bond donors (Lipinski definition) is 1. The number of nitrogens with one attached hydrogen (secondary N) is 1. The fourth-order valence-electron chi connectivity index (χ4n) is 4.62. The SMILES string of the molecule is O=C(NC(=CSc1ccccc1)P(Cl)(c1ccccc1)(c1ccccc1)c1ccccc1)c1ccccc1. The van der Waals surface area contributed by atoms with Crippen molar-refractivity contribution in [3.63, 3.8) is 0 Å². The Labute approximate surface area is 233 Å². The van der Waals surface area contributed by atoms with Crippen molar-refractivity contribution in [1.82, 2.24) is 5.32 Å². The van der Waals surface area contributed by atoms with E-state index in [0.717, 1.165) is 20.8 Å². The van der Waals surface area contributed by atoms with Gasteiger partial charge in [0, 0.05) is 0 Å². The van der Waals surface area contributed by atoms with Gasteiger partial charge in [0.1, 0.15) is 0 Å². The fraction of sp³-hybridized carbons (Fsp3) is 0. The Kier molecular flexibility index (Phi) is 7.81. The molecule has 0 aliphatic heterocycles. The second kappa shape index (κ2) is 11.4. The molecule has 0 aliphatic carbocycles. The third kappa shape index (κ3) is 4.81. The molecule has 0 unspecified atom stereocenters. The summed E-state index contributed by atoms with van der Waals surface area (Å²) in [5, 5.41) is 8.18. The Hall–Kier alpha value is -3.62. The van der Waals surface area contributed by atoms with E-state index in [1.165, 1.54) is 0 Å². The summed E-state index contributed by atoms with van der Waals surface area (Å²) in [5.74, 6) is -4.16. The van der Waals surface area contributed by atoms with Crippen LogP contribution in [0.3, 0.4) is 0 Å². The first kappa shape index (κ1) is 26.0. The van der Waals surface area contributed by atoms with Gasteiger partial charge in [0.25, 0.3) is 0 Å². The predicted molar refractivity (Wildman–Crippen MR) is 165 cm³/mol. The van der Waals surface area contributed by atoms with Crippen molar-refractivity contribution in [2.45, 2.75) is 4.90 Å². The molecule has 5 rings (SSSR count). The molecule has 38 heavy (non-hydrogen) atoms. The van der Waals surface area contributed by atoms with E-state index in [1.807, 2.05) is 109 Å². The fourth-order valence-corrected chi connectivity index (χ4v) is 11.9. The summed E-state index contributed by atoms with van der Waals surface area (Å²) < 4.78 is 0. The molecule has 5 aromatic rings. The van der Waals surface area contributed by atoms with E-state index in [-0.39, 0.29) is 5.91 Å². The molecular weight excluding hydrogens is 525 g/mol. The summed E-state index contributed by atoms with van der Waals surface area (Å²) in [6.07, 6.45) is 0. The Morgan fingerprint density at radius 1 is 0.579 bits per heavy atom. The summed E-state index contributed by atoms with van der Waals surface area (Å²) in [6.45, 7) is 0. The number of halogens is 1. The summed E-state index contributed by atoms with van der Waals surface area (Å²) in [5.41, 5.74) is 1.24. The molecule has 0 spiro atoms. The molecule has 0 heterocycles. The second-order valence-electron chi connectivity index (χ2n) is 8.77. The maximum absolute atomic E-state index is 13.8.